The Morgan fingerprint density at radius 1 is 1.25 bits per heavy atom. The summed E-state index contributed by atoms with van der Waals surface area (Å²) in [5.74, 6) is 0. The third-order valence-corrected chi connectivity index (χ3v) is 5.47. The van der Waals surface area contributed by atoms with Crippen LogP contribution in [0.25, 0.3) is 22.2 Å². The fourth-order valence-corrected chi connectivity index (χ4v) is 4.10. The van der Waals surface area contributed by atoms with Crippen LogP contribution in [0.3, 0.4) is 0 Å². The Balaban J connectivity index is 1.49. The van der Waals surface area contributed by atoms with Crippen LogP contribution in [-0.2, 0) is 13.5 Å². The highest BCUT2D eigenvalue weighted by Crippen LogP contribution is 2.35. The Morgan fingerprint density at radius 2 is 2.18 bits per heavy atom. The van der Waals surface area contributed by atoms with E-state index >= 15 is 0 Å². The molecule has 0 aliphatic heterocycles. The van der Waals surface area contributed by atoms with Crippen molar-refractivity contribution in [3.63, 3.8) is 0 Å². The first-order chi connectivity index (χ1) is 13.7. The number of rotatable bonds is 3. The molecule has 0 saturated heterocycles. The zero-order chi connectivity index (χ0) is 19.1. The molecule has 1 aliphatic carbocycles. The molecule has 0 spiro atoms. The lowest BCUT2D eigenvalue weighted by atomic mass is 9.86. The lowest BCUT2D eigenvalue weighted by Crippen LogP contribution is -2.17. The van der Waals surface area contributed by atoms with E-state index in [0.29, 0.717) is 0 Å². The molecule has 0 fully saturated rings. The van der Waals surface area contributed by atoms with Gasteiger partial charge in [0.15, 0.2) is 0 Å². The molecule has 2 heterocycles. The number of fused-ring (bicyclic) bond motifs is 2. The average molecular weight is 368 g/mol. The molecule has 2 aromatic heterocycles. The molecular weight excluding hydrogens is 348 g/mol. The van der Waals surface area contributed by atoms with Gasteiger partial charge in [-0.25, -0.2) is 0 Å². The van der Waals surface area contributed by atoms with Crippen LogP contribution in [0.4, 0.5) is 5.69 Å². The molecule has 0 bridgehead atoms. The predicted molar refractivity (Wildman–Crippen MR) is 109 cm³/mol. The summed E-state index contributed by atoms with van der Waals surface area (Å²) >= 11 is 0. The number of anilines is 1. The number of nitrogens with zero attached hydrogens (tertiary/aromatic N) is 4. The largest absolute Gasteiger partial charge is 0.378 e. The normalized spacial score (nSPS) is 15.9. The highest BCUT2D eigenvalue weighted by Gasteiger charge is 2.21. The number of aromatic nitrogens is 4. The molecule has 138 valence electrons. The predicted octanol–water partition coefficient (Wildman–Crippen LogP) is 4.32. The molecule has 0 radical (unpaired) electrons. The first-order valence-electron chi connectivity index (χ1n) is 9.48. The third kappa shape index (κ3) is 2.81. The number of nitrogens with one attached hydrogen (secondary N) is 2. The Kier molecular flexibility index (Phi) is 3.87. The van der Waals surface area contributed by atoms with E-state index in [-0.39, 0.29) is 6.04 Å². The molecule has 1 atom stereocenters. The molecule has 6 heteroatoms. The van der Waals surface area contributed by atoms with Crippen molar-refractivity contribution in [3.8, 4) is 17.3 Å². The Labute approximate surface area is 162 Å². The smallest absolute Gasteiger partial charge is 0.103 e. The number of benzene rings is 2. The second-order valence-electron chi connectivity index (χ2n) is 7.35. The van der Waals surface area contributed by atoms with E-state index in [4.69, 9.17) is 5.26 Å². The molecule has 2 N–H and O–H groups in total. The minimum atomic E-state index is 0.252. The molecule has 1 aliphatic rings. The van der Waals surface area contributed by atoms with Crippen molar-refractivity contribution in [1.29, 1.82) is 5.26 Å². The topological polar surface area (TPSA) is 82.3 Å². The van der Waals surface area contributed by atoms with Gasteiger partial charge in [-0.15, -0.1) is 0 Å². The molecule has 0 amide bonds. The van der Waals surface area contributed by atoms with Gasteiger partial charge in [0.05, 0.1) is 29.4 Å². The van der Waals surface area contributed by atoms with Gasteiger partial charge in [0.2, 0.25) is 0 Å². The van der Waals surface area contributed by atoms with E-state index in [0.717, 1.165) is 52.7 Å². The average Bonchev–Trinajstić information content (AvgIpc) is 3.33. The maximum Gasteiger partial charge on any atom is 0.103 e. The molecule has 2 aromatic carbocycles. The van der Waals surface area contributed by atoms with Crippen molar-refractivity contribution in [2.24, 2.45) is 7.05 Å². The second kappa shape index (κ2) is 6.54. The van der Waals surface area contributed by atoms with Gasteiger partial charge in [-0.2, -0.15) is 15.5 Å². The third-order valence-electron chi connectivity index (χ3n) is 5.47. The SMILES string of the molecule is Cn1cc(-c2n[nH]c3ccc(N[C@@H]4CCCc5cc(C#N)ccc54)cc23)cn1. The van der Waals surface area contributed by atoms with Crippen molar-refractivity contribution in [2.75, 3.05) is 5.32 Å². The Morgan fingerprint density at radius 3 is 3.00 bits per heavy atom. The van der Waals surface area contributed by atoms with E-state index < -0.39 is 0 Å². The maximum absolute atomic E-state index is 9.16. The van der Waals surface area contributed by atoms with Crippen LogP contribution in [-0.4, -0.2) is 20.0 Å². The summed E-state index contributed by atoms with van der Waals surface area (Å²) in [5, 5.41) is 25.8. The van der Waals surface area contributed by atoms with Crippen LogP contribution >= 0.6 is 0 Å². The zero-order valence-corrected chi connectivity index (χ0v) is 15.6. The molecule has 4 aromatic rings. The minimum Gasteiger partial charge on any atom is -0.378 e. The van der Waals surface area contributed by atoms with Gasteiger partial charge in [0.25, 0.3) is 0 Å². The number of hydrogen-bond donors (Lipinski definition) is 2. The van der Waals surface area contributed by atoms with Crippen molar-refractivity contribution in [3.05, 3.63) is 65.5 Å². The summed E-state index contributed by atoms with van der Waals surface area (Å²) in [5.41, 5.74) is 7.30. The van der Waals surface area contributed by atoms with Crippen LogP contribution in [0.5, 0.6) is 0 Å². The summed E-state index contributed by atoms with van der Waals surface area (Å²) in [4.78, 5) is 0. The summed E-state index contributed by atoms with van der Waals surface area (Å²) in [6.07, 6.45) is 7.04. The van der Waals surface area contributed by atoms with E-state index in [1.54, 1.807) is 4.68 Å². The Hall–Kier alpha value is -3.59. The van der Waals surface area contributed by atoms with Gasteiger partial charge in [-0.1, -0.05) is 6.07 Å². The first kappa shape index (κ1) is 16.6. The van der Waals surface area contributed by atoms with Crippen LogP contribution in [0.2, 0.25) is 0 Å². The number of aromatic amines is 1. The van der Waals surface area contributed by atoms with Gasteiger partial charge in [0, 0.05) is 29.9 Å². The van der Waals surface area contributed by atoms with E-state index in [1.165, 1.54) is 11.1 Å². The van der Waals surface area contributed by atoms with Gasteiger partial charge in [-0.3, -0.25) is 9.78 Å². The summed E-state index contributed by atoms with van der Waals surface area (Å²) < 4.78 is 1.78. The van der Waals surface area contributed by atoms with Gasteiger partial charge in [-0.05, 0) is 60.7 Å². The van der Waals surface area contributed by atoms with E-state index in [1.807, 2.05) is 31.6 Å². The summed E-state index contributed by atoms with van der Waals surface area (Å²) in [7, 11) is 1.91. The lowest BCUT2D eigenvalue weighted by molar-refractivity contribution is 0.600. The van der Waals surface area contributed by atoms with Gasteiger partial charge in [0.1, 0.15) is 5.69 Å². The molecule has 6 nitrogen and oxygen atoms in total. The molecule has 0 unspecified atom stereocenters. The number of H-pyrrole nitrogens is 1. The molecule has 28 heavy (non-hydrogen) atoms. The van der Waals surface area contributed by atoms with Crippen molar-refractivity contribution < 1.29 is 0 Å². The molecule has 5 rings (SSSR count). The van der Waals surface area contributed by atoms with Crippen LogP contribution in [0, 0.1) is 11.3 Å². The van der Waals surface area contributed by atoms with Crippen LogP contribution < -0.4 is 5.32 Å². The monoisotopic (exact) mass is 368 g/mol. The van der Waals surface area contributed by atoms with Crippen LogP contribution in [0.15, 0.2) is 48.8 Å². The highest BCUT2D eigenvalue weighted by atomic mass is 15.2. The first-order valence-corrected chi connectivity index (χ1v) is 9.48. The minimum absolute atomic E-state index is 0.252. The fraction of sp³-hybridized carbons (Fsp3) is 0.227. The quantitative estimate of drug-likeness (QED) is 0.564. The van der Waals surface area contributed by atoms with Gasteiger partial charge < -0.3 is 5.32 Å². The molecular formula is C22H20N6. The maximum atomic E-state index is 9.16. The van der Waals surface area contributed by atoms with E-state index in [9.17, 15) is 0 Å². The Bertz CT molecular complexity index is 1210. The van der Waals surface area contributed by atoms with Crippen molar-refractivity contribution in [1.82, 2.24) is 20.0 Å². The second-order valence-corrected chi connectivity index (χ2v) is 7.35. The summed E-state index contributed by atoms with van der Waals surface area (Å²) in [6.45, 7) is 0. The standard InChI is InChI=1S/C22H20N6/c1-28-13-16(12-24-28)22-19-10-17(6-8-21(19)26-27-22)25-20-4-2-3-15-9-14(11-23)5-7-18(15)20/h5-10,12-13,20,25H,2-4H2,1H3,(H,26,27)/t20-/m1/s1. The number of nitriles is 1. The van der Waals surface area contributed by atoms with Crippen molar-refractivity contribution >= 4 is 16.6 Å². The lowest BCUT2D eigenvalue weighted by Gasteiger charge is -2.27. The zero-order valence-electron chi connectivity index (χ0n) is 15.6. The van der Waals surface area contributed by atoms with E-state index in [2.05, 4.69) is 50.9 Å². The van der Waals surface area contributed by atoms with Gasteiger partial charge >= 0.3 is 0 Å². The number of hydrogen-bond acceptors (Lipinski definition) is 4. The highest BCUT2D eigenvalue weighted by molar-refractivity contribution is 5.94. The summed E-state index contributed by atoms with van der Waals surface area (Å²) in [6, 6.07) is 14.8. The van der Waals surface area contributed by atoms with Crippen LogP contribution in [0.1, 0.15) is 35.6 Å². The van der Waals surface area contributed by atoms with Crippen molar-refractivity contribution in [2.45, 2.75) is 25.3 Å². The molecule has 0 saturated carbocycles. The number of aryl methyl sites for hydroxylation is 2. The fourth-order valence-electron chi connectivity index (χ4n) is 4.10.